The molecule has 0 aromatic rings. The maximum Gasteiger partial charge on any atom is 0.407 e. The van der Waals surface area contributed by atoms with Crippen molar-refractivity contribution in [1.82, 2.24) is 10.6 Å². The van der Waals surface area contributed by atoms with Gasteiger partial charge in [-0.3, -0.25) is 4.79 Å². The average molecular weight is 268 g/mol. The van der Waals surface area contributed by atoms with Crippen molar-refractivity contribution in [2.24, 2.45) is 5.92 Å². The normalized spacial score (nSPS) is 20.6. The number of nitrogens with one attached hydrogen (secondary N) is 2. The highest BCUT2D eigenvalue weighted by Crippen LogP contribution is 2.34. The number of ether oxygens (including phenoxy) is 1. The summed E-state index contributed by atoms with van der Waals surface area (Å²) in [5, 5.41) is 5.80. The number of amides is 2. The Bertz CT molecular complexity index is 354. The van der Waals surface area contributed by atoms with Gasteiger partial charge in [0.25, 0.3) is 0 Å². The minimum absolute atomic E-state index is 0.0375. The maximum atomic E-state index is 11.8. The highest BCUT2D eigenvalue weighted by molar-refractivity contribution is 5.78. The van der Waals surface area contributed by atoms with E-state index in [1.54, 1.807) is 0 Å². The molecule has 5 heteroatoms. The van der Waals surface area contributed by atoms with Crippen LogP contribution in [0.25, 0.3) is 0 Å². The summed E-state index contributed by atoms with van der Waals surface area (Å²) in [6, 6.07) is 0.280. The SMILES string of the molecule is CC(C)(C)OC(=O)NC(CC(=O)NC1CC1)C1CC1. The molecule has 0 aliphatic heterocycles. The molecule has 2 fully saturated rings. The van der Waals surface area contributed by atoms with Crippen LogP contribution in [0.5, 0.6) is 0 Å². The molecule has 2 rings (SSSR count). The summed E-state index contributed by atoms with van der Waals surface area (Å²) in [5.41, 5.74) is -0.506. The fraction of sp³-hybridized carbons (Fsp3) is 0.857. The summed E-state index contributed by atoms with van der Waals surface area (Å²) in [6.45, 7) is 5.50. The molecule has 0 radical (unpaired) electrons. The minimum atomic E-state index is -0.506. The van der Waals surface area contributed by atoms with Gasteiger partial charge in [-0.1, -0.05) is 0 Å². The zero-order valence-electron chi connectivity index (χ0n) is 12.0. The van der Waals surface area contributed by atoms with Crippen molar-refractivity contribution in [2.45, 2.75) is 70.6 Å². The third-order valence-corrected chi connectivity index (χ3v) is 3.24. The van der Waals surface area contributed by atoms with Crippen LogP contribution in [0.4, 0.5) is 4.79 Å². The van der Waals surface area contributed by atoms with Crippen molar-refractivity contribution in [2.75, 3.05) is 0 Å². The smallest absolute Gasteiger partial charge is 0.407 e. The second kappa shape index (κ2) is 5.39. The molecule has 5 nitrogen and oxygen atoms in total. The molecular weight excluding hydrogens is 244 g/mol. The van der Waals surface area contributed by atoms with E-state index in [4.69, 9.17) is 4.74 Å². The van der Waals surface area contributed by atoms with Crippen LogP contribution in [0.3, 0.4) is 0 Å². The first-order valence-corrected chi connectivity index (χ1v) is 7.12. The molecule has 0 bridgehead atoms. The summed E-state index contributed by atoms with van der Waals surface area (Å²) in [7, 11) is 0. The Kier molecular flexibility index (Phi) is 4.02. The second-order valence-electron chi connectivity index (χ2n) is 6.64. The highest BCUT2D eigenvalue weighted by atomic mass is 16.6. The van der Waals surface area contributed by atoms with Gasteiger partial charge in [0.05, 0.1) is 0 Å². The number of rotatable bonds is 5. The van der Waals surface area contributed by atoms with Crippen molar-refractivity contribution in [3.8, 4) is 0 Å². The van der Waals surface area contributed by atoms with Crippen LogP contribution in [-0.4, -0.2) is 29.7 Å². The zero-order valence-corrected chi connectivity index (χ0v) is 12.0. The summed E-state index contributed by atoms with van der Waals surface area (Å²) in [6.07, 6.45) is 4.26. The molecule has 1 unspecified atom stereocenters. The Morgan fingerprint density at radius 1 is 1.21 bits per heavy atom. The molecule has 2 aliphatic carbocycles. The topological polar surface area (TPSA) is 67.4 Å². The predicted molar refractivity (Wildman–Crippen MR) is 71.7 cm³/mol. The van der Waals surface area contributed by atoms with E-state index >= 15 is 0 Å². The van der Waals surface area contributed by atoms with Crippen LogP contribution in [0.2, 0.25) is 0 Å². The first-order valence-electron chi connectivity index (χ1n) is 7.12. The fourth-order valence-electron chi connectivity index (χ4n) is 2.01. The molecule has 0 saturated heterocycles. The van der Waals surface area contributed by atoms with Crippen LogP contribution in [0.1, 0.15) is 52.9 Å². The molecule has 0 aromatic carbocycles. The van der Waals surface area contributed by atoms with Gasteiger partial charge < -0.3 is 15.4 Å². The number of hydrogen-bond donors (Lipinski definition) is 2. The molecule has 2 aliphatic rings. The zero-order chi connectivity index (χ0) is 14.0. The summed E-state index contributed by atoms with van der Waals surface area (Å²) in [4.78, 5) is 23.6. The second-order valence-corrected chi connectivity index (χ2v) is 6.64. The Hall–Kier alpha value is -1.26. The van der Waals surface area contributed by atoms with Gasteiger partial charge in [0.15, 0.2) is 0 Å². The molecule has 0 heterocycles. The lowest BCUT2D eigenvalue weighted by Crippen LogP contribution is -2.43. The number of hydrogen-bond acceptors (Lipinski definition) is 3. The largest absolute Gasteiger partial charge is 0.444 e. The Balaban J connectivity index is 1.78. The number of carbonyl (C=O) groups excluding carboxylic acids is 2. The molecule has 0 aromatic heterocycles. The van der Waals surface area contributed by atoms with Crippen LogP contribution in [-0.2, 0) is 9.53 Å². The molecule has 108 valence electrons. The van der Waals surface area contributed by atoms with E-state index in [0.717, 1.165) is 25.7 Å². The van der Waals surface area contributed by atoms with Gasteiger partial charge in [0, 0.05) is 18.5 Å². The maximum absolute atomic E-state index is 11.8. The van der Waals surface area contributed by atoms with Crippen molar-refractivity contribution < 1.29 is 14.3 Å². The third-order valence-electron chi connectivity index (χ3n) is 3.24. The van der Waals surface area contributed by atoms with E-state index in [9.17, 15) is 9.59 Å². The van der Waals surface area contributed by atoms with Gasteiger partial charge in [0.2, 0.25) is 5.91 Å². The van der Waals surface area contributed by atoms with Crippen molar-refractivity contribution in [3.05, 3.63) is 0 Å². The highest BCUT2D eigenvalue weighted by Gasteiger charge is 2.35. The quantitative estimate of drug-likeness (QED) is 0.801. The lowest BCUT2D eigenvalue weighted by molar-refractivity contribution is -0.121. The van der Waals surface area contributed by atoms with Gasteiger partial charge in [-0.2, -0.15) is 0 Å². The molecule has 2 amide bonds. The standard InChI is InChI=1S/C14H24N2O3/c1-14(2,3)19-13(18)16-11(9-4-5-9)8-12(17)15-10-6-7-10/h9-11H,4-8H2,1-3H3,(H,15,17)(H,16,18). The van der Waals surface area contributed by atoms with E-state index in [-0.39, 0.29) is 11.9 Å². The number of alkyl carbamates (subject to hydrolysis) is 1. The summed E-state index contributed by atoms with van der Waals surface area (Å²) < 4.78 is 5.24. The van der Waals surface area contributed by atoms with Crippen LogP contribution < -0.4 is 10.6 Å². The minimum Gasteiger partial charge on any atom is -0.444 e. The fourth-order valence-corrected chi connectivity index (χ4v) is 2.01. The van der Waals surface area contributed by atoms with Crippen LogP contribution in [0.15, 0.2) is 0 Å². The third kappa shape index (κ3) is 5.49. The Morgan fingerprint density at radius 2 is 1.84 bits per heavy atom. The predicted octanol–water partition coefficient (Wildman–Crippen LogP) is 1.96. The molecule has 19 heavy (non-hydrogen) atoms. The van der Waals surface area contributed by atoms with Gasteiger partial charge in [0.1, 0.15) is 5.60 Å². The number of carbonyl (C=O) groups is 2. The van der Waals surface area contributed by atoms with E-state index in [2.05, 4.69) is 10.6 Å². The Labute approximate surface area is 114 Å². The van der Waals surface area contributed by atoms with Crippen molar-refractivity contribution in [1.29, 1.82) is 0 Å². The molecule has 0 spiro atoms. The van der Waals surface area contributed by atoms with Gasteiger partial charge in [-0.25, -0.2) is 4.79 Å². The monoisotopic (exact) mass is 268 g/mol. The van der Waals surface area contributed by atoms with Gasteiger partial charge in [-0.05, 0) is 52.4 Å². The van der Waals surface area contributed by atoms with E-state index < -0.39 is 11.7 Å². The average Bonchev–Trinajstić information content (AvgIpc) is 3.09. The van der Waals surface area contributed by atoms with Crippen molar-refractivity contribution in [3.63, 3.8) is 0 Å². The van der Waals surface area contributed by atoms with E-state index in [0.29, 0.717) is 18.4 Å². The first-order chi connectivity index (χ1) is 8.83. The molecule has 2 N–H and O–H groups in total. The van der Waals surface area contributed by atoms with Gasteiger partial charge >= 0.3 is 6.09 Å². The lowest BCUT2D eigenvalue weighted by atomic mass is 10.1. The van der Waals surface area contributed by atoms with Crippen LogP contribution >= 0.6 is 0 Å². The van der Waals surface area contributed by atoms with Gasteiger partial charge in [-0.15, -0.1) is 0 Å². The summed E-state index contributed by atoms with van der Waals surface area (Å²) in [5.74, 6) is 0.466. The lowest BCUT2D eigenvalue weighted by Gasteiger charge is -2.23. The molecule has 1 atom stereocenters. The molecule has 2 saturated carbocycles. The van der Waals surface area contributed by atoms with Crippen LogP contribution in [0, 0.1) is 5.92 Å². The van der Waals surface area contributed by atoms with Crippen molar-refractivity contribution >= 4 is 12.0 Å². The molecular formula is C14H24N2O3. The Morgan fingerprint density at radius 3 is 2.32 bits per heavy atom. The van der Waals surface area contributed by atoms with E-state index in [1.165, 1.54) is 0 Å². The summed E-state index contributed by atoms with van der Waals surface area (Å²) >= 11 is 0. The first kappa shape index (κ1) is 14.2. The van der Waals surface area contributed by atoms with E-state index in [1.807, 2.05) is 20.8 Å².